The number of amides is 1. The van der Waals surface area contributed by atoms with E-state index < -0.39 is 0 Å². The molecule has 13 heavy (non-hydrogen) atoms. The van der Waals surface area contributed by atoms with Crippen molar-refractivity contribution in [1.29, 1.82) is 0 Å². The quantitative estimate of drug-likeness (QED) is 0.683. The number of nitrogens with two attached hydrogens (primary N) is 1. The lowest BCUT2D eigenvalue weighted by Crippen LogP contribution is -2.44. The molecule has 1 aliphatic rings. The van der Waals surface area contributed by atoms with Crippen LogP contribution >= 0.6 is 0 Å². The number of hydrogen-bond donors (Lipinski definition) is 1. The molecule has 1 fully saturated rings. The molecule has 0 aromatic rings. The van der Waals surface area contributed by atoms with E-state index in [9.17, 15) is 4.79 Å². The molecule has 4 nitrogen and oxygen atoms in total. The van der Waals surface area contributed by atoms with Gasteiger partial charge in [0.05, 0.1) is 0 Å². The number of hydrogen-bond acceptors (Lipinski definition) is 3. The van der Waals surface area contributed by atoms with E-state index in [4.69, 9.17) is 5.73 Å². The van der Waals surface area contributed by atoms with Crippen molar-refractivity contribution >= 4 is 5.91 Å². The smallest absolute Gasteiger partial charge is 0.238 e. The Hall–Kier alpha value is -0.610. The summed E-state index contributed by atoms with van der Waals surface area (Å²) in [6.07, 6.45) is 1.47. The molecule has 1 amide bonds. The lowest BCUT2D eigenvalue weighted by atomic mass is 10.0. The highest BCUT2D eigenvalue weighted by Gasteiger charge is 2.40. The Morgan fingerprint density at radius 3 is 2.54 bits per heavy atom. The molecule has 4 heteroatoms. The van der Waals surface area contributed by atoms with Crippen LogP contribution in [0.4, 0.5) is 0 Å². The van der Waals surface area contributed by atoms with Gasteiger partial charge in [-0.3, -0.25) is 9.80 Å². The molecule has 1 aliphatic heterocycles. The van der Waals surface area contributed by atoms with Crippen LogP contribution in [-0.4, -0.2) is 41.6 Å². The van der Waals surface area contributed by atoms with Crippen molar-refractivity contribution in [1.82, 2.24) is 10.0 Å². The number of nitrogens with zero attached hydrogens (tertiary/aromatic N) is 2. The number of hydrazine groups is 1. The first-order chi connectivity index (χ1) is 5.99. The molecule has 76 valence electrons. The second-order valence-corrected chi connectivity index (χ2v) is 4.17. The molecule has 0 atom stereocenters. The van der Waals surface area contributed by atoms with Gasteiger partial charge < -0.3 is 5.73 Å². The third kappa shape index (κ3) is 2.00. The van der Waals surface area contributed by atoms with Crippen molar-refractivity contribution in [2.24, 2.45) is 5.73 Å². The standard InChI is InChI=1S/C9H19N3O/c1-9(2)7-8(13)12(11(9)3)6-4-5-10/h4-7,10H2,1-3H3. The van der Waals surface area contributed by atoms with Gasteiger partial charge in [0, 0.05) is 25.6 Å². The van der Waals surface area contributed by atoms with E-state index in [0.717, 1.165) is 13.0 Å². The minimum absolute atomic E-state index is 0.0360. The monoisotopic (exact) mass is 185 g/mol. The second kappa shape index (κ2) is 3.64. The van der Waals surface area contributed by atoms with Crippen LogP contribution in [0.15, 0.2) is 0 Å². The van der Waals surface area contributed by atoms with E-state index in [1.165, 1.54) is 0 Å². The van der Waals surface area contributed by atoms with Gasteiger partial charge >= 0.3 is 0 Å². The zero-order valence-electron chi connectivity index (χ0n) is 8.71. The molecule has 0 radical (unpaired) electrons. The lowest BCUT2D eigenvalue weighted by molar-refractivity contribution is -0.138. The van der Waals surface area contributed by atoms with Crippen molar-refractivity contribution in [2.75, 3.05) is 20.1 Å². The van der Waals surface area contributed by atoms with Gasteiger partial charge in [0.25, 0.3) is 0 Å². The summed E-state index contributed by atoms with van der Waals surface area (Å²) in [6.45, 7) is 5.54. The molecule has 1 rings (SSSR count). The number of carbonyl (C=O) groups is 1. The van der Waals surface area contributed by atoms with Gasteiger partial charge in [0.15, 0.2) is 0 Å². The number of rotatable bonds is 3. The van der Waals surface area contributed by atoms with Crippen LogP contribution in [0, 0.1) is 0 Å². The molecule has 0 aliphatic carbocycles. The normalized spacial score (nSPS) is 22.8. The Kier molecular flexibility index (Phi) is 2.93. The average molecular weight is 185 g/mol. The first-order valence-electron chi connectivity index (χ1n) is 4.73. The predicted molar refractivity (Wildman–Crippen MR) is 51.8 cm³/mol. The predicted octanol–water partition coefficient (Wildman–Crippen LogP) is 0.193. The second-order valence-electron chi connectivity index (χ2n) is 4.17. The van der Waals surface area contributed by atoms with E-state index in [-0.39, 0.29) is 11.4 Å². The molecule has 0 aromatic heterocycles. The molecule has 0 saturated carbocycles. The maximum absolute atomic E-state index is 11.5. The summed E-state index contributed by atoms with van der Waals surface area (Å²) in [5.74, 6) is 0.209. The Morgan fingerprint density at radius 2 is 2.15 bits per heavy atom. The maximum atomic E-state index is 11.5. The molecule has 0 aromatic carbocycles. The van der Waals surface area contributed by atoms with E-state index in [1.807, 2.05) is 12.1 Å². The highest BCUT2D eigenvalue weighted by Crippen LogP contribution is 2.27. The minimum atomic E-state index is -0.0360. The van der Waals surface area contributed by atoms with Gasteiger partial charge in [-0.05, 0) is 26.8 Å². The molecule has 0 unspecified atom stereocenters. The fraction of sp³-hybridized carbons (Fsp3) is 0.889. The van der Waals surface area contributed by atoms with Crippen LogP contribution in [0.1, 0.15) is 26.7 Å². The van der Waals surface area contributed by atoms with Crippen LogP contribution in [0.2, 0.25) is 0 Å². The number of carbonyl (C=O) groups excluding carboxylic acids is 1. The molecular formula is C9H19N3O. The summed E-state index contributed by atoms with van der Waals surface area (Å²) in [4.78, 5) is 11.5. The summed E-state index contributed by atoms with van der Waals surface area (Å²) in [7, 11) is 1.96. The zero-order chi connectivity index (χ0) is 10.1. The fourth-order valence-corrected chi connectivity index (χ4v) is 1.59. The zero-order valence-corrected chi connectivity index (χ0v) is 8.71. The summed E-state index contributed by atoms with van der Waals surface area (Å²) in [5.41, 5.74) is 5.37. The van der Waals surface area contributed by atoms with Gasteiger partial charge in [-0.1, -0.05) is 0 Å². The van der Waals surface area contributed by atoms with Gasteiger partial charge in [-0.15, -0.1) is 0 Å². The Balaban J connectivity index is 2.60. The molecule has 1 saturated heterocycles. The average Bonchev–Trinajstić information content (AvgIpc) is 2.21. The van der Waals surface area contributed by atoms with E-state index in [0.29, 0.717) is 13.0 Å². The summed E-state index contributed by atoms with van der Waals surface area (Å²) >= 11 is 0. The van der Waals surface area contributed by atoms with Crippen LogP contribution < -0.4 is 5.73 Å². The van der Waals surface area contributed by atoms with Gasteiger partial charge in [-0.25, -0.2) is 5.01 Å². The first kappa shape index (κ1) is 10.5. The summed E-state index contributed by atoms with van der Waals surface area (Å²) < 4.78 is 0. The maximum Gasteiger partial charge on any atom is 0.238 e. The van der Waals surface area contributed by atoms with Crippen molar-refractivity contribution in [3.05, 3.63) is 0 Å². The van der Waals surface area contributed by atoms with Crippen LogP contribution in [0.25, 0.3) is 0 Å². The Labute approximate surface area is 79.6 Å². The van der Waals surface area contributed by atoms with Crippen LogP contribution in [-0.2, 0) is 4.79 Å². The topological polar surface area (TPSA) is 49.6 Å². The molecule has 0 spiro atoms. The molecular weight excluding hydrogens is 166 g/mol. The van der Waals surface area contributed by atoms with Crippen LogP contribution in [0.3, 0.4) is 0 Å². The SMILES string of the molecule is CN1N(CCCN)C(=O)CC1(C)C. The van der Waals surface area contributed by atoms with Crippen molar-refractivity contribution in [3.8, 4) is 0 Å². The fourth-order valence-electron chi connectivity index (χ4n) is 1.59. The van der Waals surface area contributed by atoms with Gasteiger partial charge in [-0.2, -0.15) is 0 Å². The summed E-state index contributed by atoms with van der Waals surface area (Å²) in [5, 5.41) is 3.82. The van der Waals surface area contributed by atoms with Gasteiger partial charge in [0.1, 0.15) is 0 Å². The van der Waals surface area contributed by atoms with Crippen LogP contribution in [0.5, 0.6) is 0 Å². The van der Waals surface area contributed by atoms with Crippen molar-refractivity contribution in [3.63, 3.8) is 0 Å². The van der Waals surface area contributed by atoms with Crippen molar-refractivity contribution < 1.29 is 4.79 Å². The highest BCUT2D eigenvalue weighted by atomic mass is 16.2. The third-order valence-corrected chi connectivity index (χ3v) is 2.68. The third-order valence-electron chi connectivity index (χ3n) is 2.68. The summed E-state index contributed by atoms with van der Waals surface area (Å²) in [6, 6.07) is 0. The van der Waals surface area contributed by atoms with E-state index >= 15 is 0 Å². The first-order valence-corrected chi connectivity index (χ1v) is 4.73. The largest absolute Gasteiger partial charge is 0.330 e. The van der Waals surface area contributed by atoms with E-state index in [2.05, 4.69) is 13.8 Å². The van der Waals surface area contributed by atoms with Gasteiger partial charge in [0.2, 0.25) is 5.91 Å². The van der Waals surface area contributed by atoms with Crippen molar-refractivity contribution in [2.45, 2.75) is 32.2 Å². The Bertz CT molecular complexity index is 203. The highest BCUT2D eigenvalue weighted by molar-refractivity contribution is 5.79. The van der Waals surface area contributed by atoms with E-state index in [1.54, 1.807) is 5.01 Å². The molecule has 0 bridgehead atoms. The Morgan fingerprint density at radius 1 is 1.54 bits per heavy atom. The molecule has 1 heterocycles. The molecule has 2 N–H and O–H groups in total. The minimum Gasteiger partial charge on any atom is -0.330 e. The lowest BCUT2D eigenvalue weighted by Gasteiger charge is -2.32.